The van der Waals surface area contributed by atoms with Gasteiger partial charge in [-0.2, -0.15) is 11.8 Å². The molecule has 0 amide bonds. The Morgan fingerprint density at radius 3 is 2.52 bits per heavy atom. The van der Waals surface area contributed by atoms with E-state index >= 15 is 0 Å². The van der Waals surface area contributed by atoms with E-state index in [-0.39, 0.29) is 4.90 Å². The first kappa shape index (κ1) is 18.3. The summed E-state index contributed by atoms with van der Waals surface area (Å²) in [5.41, 5.74) is 0. The van der Waals surface area contributed by atoms with Crippen molar-refractivity contribution in [3.63, 3.8) is 0 Å². The van der Waals surface area contributed by atoms with Gasteiger partial charge in [0.2, 0.25) is 10.0 Å². The Morgan fingerprint density at radius 2 is 1.90 bits per heavy atom. The summed E-state index contributed by atoms with van der Waals surface area (Å²) in [6.07, 6.45) is 2.86. The number of benzene rings is 1. The van der Waals surface area contributed by atoms with Crippen LogP contribution in [0.2, 0.25) is 0 Å². The second-order valence-corrected chi connectivity index (χ2v) is 7.17. The van der Waals surface area contributed by atoms with E-state index in [9.17, 15) is 8.42 Å². The molecule has 0 aliphatic heterocycles. The fraction of sp³-hybridized carbons (Fsp3) is 0.571. The molecular weight excluding hydrogens is 308 g/mol. The number of hydrogen-bond acceptors (Lipinski definition) is 5. The van der Waals surface area contributed by atoms with E-state index in [2.05, 4.69) is 17.0 Å². The van der Waals surface area contributed by atoms with Crippen molar-refractivity contribution in [1.29, 1.82) is 0 Å². The zero-order valence-corrected chi connectivity index (χ0v) is 14.2. The molecule has 0 heterocycles. The minimum Gasteiger partial charge on any atom is -0.494 e. The summed E-state index contributed by atoms with van der Waals surface area (Å²) in [6, 6.07) is 6.52. The van der Waals surface area contributed by atoms with E-state index < -0.39 is 10.0 Å². The van der Waals surface area contributed by atoms with Gasteiger partial charge in [0.25, 0.3) is 0 Å². The SMILES string of the molecule is CCNCCCOc1ccc(S(=O)(=O)NCCSC)cc1. The number of nitrogens with one attached hydrogen (secondary N) is 2. The van der Waals surface area contributed by atoms with Gasteiger partial charge in [0.15, 0.2) is 0 Å². The lowest BCUT2D eigenvalue weighted by molar-refractivity contribution is 0.308. The van der Waals surface area contributed by atoms with E-state index in [0.717, 1.165) is 25.3 Å². The molecule has 0 saturated carbocycles. The third-order valence-corrected chi connectivity index (χ3v) is 4.84. The van der Waals surface area contributed by atoms with E-state index in [1.807, 2.05) is 6.26 Å². The Kier molecular flexibility index (Phi) is 8.75. The second-order valence-electron chi connectivity index (χ2n) is 4.42. The summed E-state index contributed by atoms with van der Waals surface area (Å²) in [6.45, 7) is 4.99. The predicted octanol–water partition coefficient (Wildman–Crippen LogP) is 1.71. The second kappa shape index (κ2) is 10.0. The average molecular weight is 332 g/mol. The van der Waals surface area contributed by atoms with Crippen molar-refractivity contribution in [3.05, 3.63) is 24.3 Å². The first-order chi connectivity index (χ1) is 10.1. The molecule has 0 radical (unpaired) electrons. The molecule has 0 aliphatic rings. The van der Waals surface area contributed by atoms with Crippen LogP contribution < -0.4 is 14.8 Å². The molecule has 0 saturated heterocycles. The maximum absolute atomic E-state index is 12.0. The molecule has 0 aromatic heterocycles. The lowest BCUT2D eigenvalue weighted by Crippen LogP contribution is -2.25. The Labute approximate surface area is 131 Å². The zero-order valence-electron chi connectivity index (χ0n) is 12.6. The number of sulfonamides is 1. The van der Waals surface area contributed by atoms with Crippen LogP contribution in [-0.2, 0) is 10.0 Å². The summed E-state index contributed by atoms with van der Waals surface area (Å²) in [5, 5.41) is 3.22. The van der Waals surface area contributed by atoms with Gasteiger partial charge in [0.05, 0.1) is 11.5 Å². The topological polar surface area (TPSA) is 67.4 Å². The van der Waals surface area contributed by atoms with Gasteiger partial charge in [0.1, 0.15) is 5.75 Å². The molecule has 120 valence electrons. The molecule has 0 unspecified atom stereocenters. The molecule has 5 nitrogen and oxygen atoms in total. The van der Waals surface area contributed by atoms with Crippen LogP contribution in [0.3, 0.4) is 0 Å². The summed E-state index contributed by atoms with van der Waals surface area (Å²) in [7, 11) is -3.41. The lowest BCUT2D eigenvalue weighted by atomic mass is 10.3. The zero-order chi connectivity index (χ0) is 15.6. The molecule has 0 fully saturated rings. The molecular formula is C14H24N2O3S2. The number of hydrogen-bond donors (Lipinski definition) is 2. The summed E-state index contributed by atoms with van der Waals surface area (Å²) in [5.74, 6) is 1.45. The normalized spacial score (nSPS) is 11.5. The highest BCUT2D eigenvalue weighted by Crippen LogP contribution is 2.16. The largest absolute Gasteiger partial charge is 0.494 e. The summed E-state index contributed by atoms with van der Waals surface area (Å²) >= 11 is 1.60. The minimum absolute atomic E-state index is 0.267. The Hall–Kier alpha value is -0.760. The standard InChI is InChI=1S/C14H24N2O3S2/c1-3-15-9-4-11-19-13-5-7-14(8-6-13)21(17,18)16-10-12-20-2/h5-8,15-16H,3-4,9-12H2,1-2H3. The summed E-state index contributed by atoms with van der Waals surface area (Å²) in [4.78, 5) is 0.267. The van der Waals surface area contributed by atoms with Crippen molar-refractivity contribution in [2.75, 3.05) is 38.2 Å². The minimum atomic E-state index is -3.41. The van der Waals surface area contributed by atoms with Gasteiger partial charge in [-0.3, -0.25) is 0 Å². The molecule has 2 N–H and O–H groups in total. The van der Waals surface area contributed by atoms with Crippen molar-refractivity contribution in [1.82, 2.24) is 10.0 Å². The average Bonchev–Trinajstić information content (AvgIpc) is 2.48. The fourth-order valence-corrected chi connectivity index (χ4v) is 3.11. The van der Waals surface area contributed by atoms with Crippen molar-refractivity contribution in [2.45, 2.75) is 18.2 Å². The van der Waals surface area contributed by atoms with Gasteiger partial charge in [-0.25, -0.2) is 13.1 Å². The van der Waals surface area contributed by atoms with Gasteiger partial charge in [-0.1, -0.05) is 6.92 Å². The molecule has 0 bridgehead atoms. The molecule has 1 rings (SSSR count). The highest BCUT2D eigenvalue weighted by atomic mass is 32.2. The van der Waals surface area contributed by atoms with Crippen LogP contribution in [0.25, 0.3) is 0 Å². The molecule has 7 heteroatoms. The van der Waals surface area contributed by atoms with Crippen LogP contribution in [0.15, 0.2) is 29.2 Å². The van der Waals surface area contributed by atoms with Gasteiger partial charge < -0.3 is 10.1 Å². The van der Waals surface area contributed by atoms with Crippen molar-refractivity contribution in [2.24, 2.45) is 0 Å². The van der Waals surface area contributed by atoms with Gasteiger partial charge in [0, 0.05) is 12.3 Å². The fourth-order valence-electron chi connectivity index (χ4n) is 1.64. The smallest absolute Gasteiger partial charge is 0.240 e. The molecule has 0 aliphatic carbocycles. The number of thioether (sulfide) groups is 1. The highest BCUT2D eigenvalue weighted by molar-refractivity contribution is 7.98. The molecule has 21 heavy (non-hydrogen) atoms. The Bertz CT molecular complexity index is 489. The van der Waals surface area contributed by atoms with Crippen molar-refractivity contribution < 1.29 is 13.2 Å². The molecule has 0 atom stereocenters. The molecule has 0 spiro atoms. The molecule has 1 aromatic carbocycles. The first-order valence-electron chi connectivity index (χ1n) is 7.02. The third-order valence-electron chi connectivity index (χ3n) is 2.75. The van der Waals surface area contributed by atoms with Crippen LogP contribution in [0, 0.1) is 0 Å². The van der Waals surface area contributed by atoms with E-state index in [1.54, 1.807) is 36.0 Å². The third kappa shape index (κ3) is 7.17. The maximum Gasteiger partial charge on any atom is 0.240 e. The van der Waals surface area contributed by atoms with E-state index in [0.29, 0.717) is 18.9 Å². The van der Waals surface area contributed by atoms with Crippen LogP contribution >= 0.6 is 11.8 Å². The van der Waals surface area contributed by atoms with Crippen molar-refractivity contribution >= 4 is 21.8 Å². The Balaban J connectivity index is 2.45. The van der Waals surface area contributed by atoms with E-state index in [4.69, 9.17) is 4.74 Å². The number of rotatable bonds is 11. The van der Waals surface area contributed by atoms with Crippen LogP contribution in [0.4, 0.5) is 0 Å². The maximum atomic E-state index is 12.0. The van der Waals surface area contributed by atoms with Gasteiger partial charge >= 0.3 is 0 Å². The van der Waals surface area contributed by atoms with Gasteiger partial charge in [-0.05, 0) is 50.0 Å². The highest BCUT2D eigenvalue weighted by Gasteiger charge is 2.12. The predicted molar refractivity (Wildman–Crippen MR) is 88.7 cm³/mol. The Morgan fingerprint density at radius 1 is 1.19 bits per heavy atom. The van der Waals surface area contributed by atoms with Crippen molar-refractivity contribution in [3.8, 4) is 5.75 Å². The summed E-state index contributed by atoms with van der Waals surface area (Å²) < 4.78 is 32.1. The lowest BCUT2D eigenvalue weighted by Gasteiger charge is -2.09. The van der Waals surface area contributed by atoms with Crippen LogP contribution in [0.1, 0.15) is 13.3 Å². The van der Waals surface area contributed by atoms with Gasteiger partial charge in [-0.15, -0.1) is 0 Å². The monoisotopic (exact) mass is 332 g/mol. The van der Waals surface area contributed by atoms with Crippen LogP contribution in [0.5, 0.6) is 5.75 Å². The van der Waals surface area contributed by atoms with E-state index in [1.165, 1.54) is 0 Å². The quantitative estimate of drug-likeness (QED) is 0.604. The number of ether oxygens (including phenoxy) is 1. The molecule has 1 aromatic rings. The van der Waals surface area contributed by atoms with Crippen LogP contribution in [-0.4, -0.2) is 46.7 Å². The first-order valence-corrected chi connectivity index (χ1v) is 9.90.